The zero-order valence-electron chi connectivity index (χ0n) is 46.1. The summed E-state index contributed by atoms with van der Waals surface area (Å²) in [5, 5.41) is 267. The molecule has 0 spiro atoms. The van der Waals surface area contributed by atoms with E-state index in [9.17, 15) is 123 Å². The summed E-state index contributed by atoms with van der Waals surface area (Å²) in [4.78, 5) is 0. The molecule has 40 nitrogen and oxygen atoms in total. The monoisotopic (exact) mass is 1300 g/mol. The predicted molar refractivity (Wildman–Crippen MR) is 263 cm³/mol. The van der Waals surface area contributed by atoms with Crippen LogP contribution >= 0.6 is 0 Å². The Morgan fingerprint density at radius 1 is 0.182 bits per heavy atom. The molecule has 22 saturated heterocycles. The van der Waals surface area contributed by atoms with Crippen LogP contribution in [-0.4, -0.2) is 421 Å². The van der Waals surface area contributed by atoms with Crippen LogP contribution in [0.4, 0.5) is 0 Å². The van der Waals surface area contributed by atoms with Crippen LogP contribution in [0.2, 0.25) is 0 Å². The molecule has 0 saturated carbocycles. The fourth-order valence-electron chi connectivity index (χ4n) is 11.9. The molecular weight excluding hydrogens is 1210 g/mol. The van der Waals surface area contributed by atoms with E-state index in [2.05, 4.69) is 5.32 Å². The summed E-state index contributed by atoms with van der Waals surface area (Å²) in [5.74, 6) is 0. The third-order valence-electron chi connectivity index (χ3n) is 17.0. The fraction of sp³-hybridized carbons (Fsp3) is 1.00. The molecule has 40 heteroatoms. The lowest BCUT2D eigenvalue weighted by atomic mass is 9.95. The Hall–Kier alpha value is -1.60. The number of aliphatic hydroxyl groups excluding tert-OH is 24. The van der Waals surface area contributed by atoms with Gasteiger partial charge in [-0.25, -0.2) is 0 Å². The first-order chi connectivity index (χ1) is 41.8. The molecule has 1 unspecified atom stereocenters. The summed E-state index contributed by atoms with van der Waals surface area (Å²) in [5.41, 5.74) is 0. The largest absolute Gasteiger partial charge is 0.394 e. The maximum atomic E-state index is 11.8. The molecule has 14 bridgehead atoms. The number of aliphatic hydroxyl groups is 24. The molecule has 22 aliphatic rings. The van der Waals surface area contributed by atoms with Crippen molar-refractivity contribution in [2.75, 3.05) is 52.7 Å². The van der Waals surface area contributed by atoms with E-state index < -0.39 is 298 Å². The summed E-state index contributed by atoms with van der Waals surface area (Å²) < 4.78 is 86.0. The molecule has 22 heterocycles. The van der Waals surface area contributed by atoms with Gasteiger partial charge in [-0.05, 0) is 0 Å². The van der Waals surface area contributed by atoms with Crippen molar-refractivity contribution in [1.29, 1.82) is 0 Å². The maximum Gasteiger partial charge on any atom is 0.187 e. The van der Waals surface area contributed by atoms with Gasteiger partial charge < -0.3 is 199 Å². The van der Waals surface area contributed by atoms with Crippen molar-refractivity contribution in [2.24, 2.45) is 0 Å². The Balaban J connectivity index is 1.01. The third-order valence-corrected chi connectivity index (χ3v) is 17.0. The van der Waals surface area contributed by atoms with Crippen molar-refractivity contribution in [3.05, 3.63) is 0 Å². The predicted octanol–water partition coefficient (Wildman–Crippen LogP) is -17.8. The van der Waals surface area contributed by atoms with E-state index in [4.69, 9.17) is 71.1 Å². The van der Waals surface area contributed by atoms with Crippen LogP contribution in [0.25, 0.3) is 0 Å². The van der Waals surface area contributed by atoms with Gasteiger partial charge in [-0.15, -0.1) is 0 Å². The average Bonchev–Trinajstić information content (AvgIpc) is 1.000. The number of hydrogen-bond donors (Lipinski definition) is 25. The van der Waals surface area contributed by atoms with Crippen LogP contribution in [0, 0.1) is 0 Å². The second kappa shape index (κ2) is 30.0. The SMILES string of the molecule is OC[C@H]1O[C@@H]2O[C@H]3[C@H](O)[C@@H](O)[C@@H](O[C@H]4[C@H](O)[C@@H](O)[C@@H](O[C@H]5[C@H](O)[C@@H](O)[C@@H](O[C@H]6[C@H](O)[C@@H](O)[C@@H](O[C@H]7[C@H](O)[C@@H](O)[C@@H](O[C@H]8[C@H](O)[C@@H](O)[C@@H](O[C@H]1[C@H](O)[C@H]2O)O[C@@H]8CO)O[C@@H]7CO)O[C@@H]6CO)O[C@@H]5CNC[C@H]1OC(O)[C@H](O)[C@@H](O)[C@H]1O)O[C@@H]4CO)O[C@@H]3CO. The van der Waals surface area contributed by atoms with Crippen LogP contribution in [0.5, 0.6) is 0 Å². The minimum atomic E-state index is -2.30. The van der Waals surface area contributed by atoms with E-state index in [-0.39, 0.29) is 0 Å². The van der Waals surface area contributed by atoms with Crippen LogP contribution < -0.4 is 5.32 Å². The average molecular weight is 1300 g/mol. The van der Waals surface area contributed by atoms with Gasteiger partial charge in [0.1, 0.15) is 195 Å². The highest BCUT2D eigenvalue weighted by Crippen LogP contribution is 2.39. The number of nitrogens with one attached hydrogen (secondary N) is 1. The smallest absolute Gasteiger partial charge is 0.187 e. The second-order valence-electron chi connectivity index (χ2n) is 22.7. The van der Waals surface area contributed by atoms with Gasteiger partial charge in [0.05, 0.1) is 39.6 Å². The van der Waals surface area contributed by atoms with Gasteiger partial charge in [0.25, 0.3) is 0 Å². The van der Waals surface area contributed by atoms with Crippen LogP contribution in [-0.2, 0) is 71.1 Å². The minimum absolute atomic E-state index is 0.496. The first kappa shape index (κ1) is 70.7. The van der Waals surface area contributed by atoms with Crippen molar-refractivity contribution in [2.45, 2.75) is 246 Å². The lowest BCUT2D eigenvalue weighted by molar-refractivity contribution is -0.396. The Morgan fingerprint density at radius 3 is 0.591 bits per heavy atom. The number of ether oxygens (including phenoxy) is 15. The van der Waals surface area contributed by atoms with E-state index in [1.165, 1.54) is 0 Å². The van der Waals surface area contributed by atoms with Gasteiger partial charge in [-0.3, -0.25) is 0 Å². The molecule has 0 aromatic heterocycles. The first-order valence-electron chi connectivity index (χ1n) is 28.3. The number of rotatable bonds is 10. The summed E-state index contributed by atoms with van der Waals surface area (Å²) in [6, 6.07) is 0. The summed E-state index contributed by atoms with van der Waals surface area (Å²) in [6.45, 7) is -7.61. The standard InChI is InChI=1S/C48H81NO39/c50-3-11-35-21(60)29(68)44(77-11)85-37-13(5-52)79-46(31(70)23(37)62)87-39-15(7-54)81-48(33(72)25(39)64)88-40-16(8-55)80-47(32(71)24(40)63)86-38-14(6-53)78-45(30(69)22(38)61)84-36-12(4-51)76-43(28(67)20(36)59)82-34-10(75-42(83-35)27(66)19(34)58)2-49-1-9-17(56)18(57)26(65)41(73)74-9/h9-73H,1-8H2/t9-,10-,11-,12-,13-,14-,15-,16-,17+,18+,19-,20-,21-,22-,23-,24-,25-,26-,27-,28-,29-,30-,31-,32-,33-,34-,35-,36-,37-,38-,39-,40-,41?,42-,43-,44-,45-,46-,47-,48-/m1/s1. The van der Waals surface area contributed by atoms with Crippen LogP contribution in [0.1, 0.15) is 0 Å². The summed E-state index contributed by atoms with van der Waals surface area (Å²) in [7, 11) is 0. The molecule has 0 radical (unpaired) electrons. The van der Waals surface area contributed by atoms with E-state index in [1.807, 2.05) is 0 Å². The minimum Gasteiger partial charge on any atom is -0.394 e. The molecule has 25 N–H and O–H groups in total. The van der Waals surface area contributed by atoms with Crippen molar-refractivity contribution in [1.82, 2.24) is 5.32 Å². The molecule has 88 heavy (non-hydrogen) atoms. The summed E-state index contributed by atoms with van der Waals surface area (Å²) >= 11 is 0. The Labute approximate surface area is 496 Å². The van der Waals surface area contributed by atoms with Gasteiger partial charge in [0, 0.05) is 13.1 Å². The van der Waals surface area contributed by atoms with E-state index in [0.717, 1.165) is 0 Å². The van der Waals surface area contributed by atoms with Gasteiger partial charge in [0.2, 0.25) is 0 Å². The van der Waals surface area contributed by atoms with Crippen molar-refractivity contribution >= 4 is 0 Å². The molecule has 0 aromatic rings. The molecular formula is C48H81NO39. The zero-order chi connectivity index (χ0) is 64.1. The molecule has 22 rings (SSSR count). The highest BCUT2D eigenvalue weighted by Gasteiger charge is 2.60. The van der Waals surface area contributed by atoms with Gasteiger partial charge in [0.15, 0.2) is 50.3 Å². The molecule has 22 aliphatic heterocycles. The quantitative estimate of drug-likeness (QED) is 0.0966. The molecule has 512 valence electrons. The van der Waals surface area contributed by atoms with Crippen molar-refractivity contribution < 1.29 is 194 Å². The highest BCUT2D eigenvalue weighted by molar-refractivity contribution is 5.02. The van der Waals surface area contributed by atoms with Gasteiger partial charge in [-0.2, -0.15) is 0 Å². The Bertz CT molecular complexity index is 2140. The number of hydrogen-bond acceptors (Lipinski definition) is 40. The zero-order valence-corrected chi connectivity index (χ0v) is 46.1. The van der Waals surface area contributed by atoms with Gasteiger partial charge in [-0.1, -0.05) is 0 Å². The topological polar surface area (TPSA) is 636 Å². The van der Waals surface area contributed by atoms with E-state index in [1.54, 1.807) is 0 Å². The van der Waals surface area contributed by atoms with Crippen molar-refractivity contribution in [3.63, 3.8) is 0 Å². The summed E-state index contributed by atoms with van der Waals surface area (Å²) in [6.07, 6.45) is -81.2. The molecule has 0 amide bonds. The molecule has 0 aromatic carbocycles. The van der Waals surface area contributed by atoms with E-state index in [0.29, 0.717) is 0 Å². The van der Waals surface area contributed by atoms with Crippen LogP contribution in [0.15, 0.2) is 0 Å². The highest BCUT2D eigenvalue weighted by atomic mass is 16.8. The Kier molecular flexibility index (Phi) is 24.1. The van der Waals surface area contributed by atoms with Crippen LogP contribution in [0.3, 0.4) is 0 Å². The lowest BCUT2D eigenvalue weighted by Crippen LogP contribution is -2.68. The van der Waals surface area contributed by atoms with E-state index >= 15 is 0 Å². The lowest BCUT2D eigenvalue weighted by Gasteiger charge is -2.50. The first-order valence-corrected chi connectivity index (χ1v) is 28.3. The Morgan fingerprint density at radius 2 is 0.375 bits per heavy atom. The molecule has 22 fully saturated rings. The third kappa shape index (κ3) is 14.1. The normalized spacial score (nSPS) is 55.2. The van der Waals surface area contributed by atoms with Crippen molar-refractivity contribution in [3.8, 4) is 0 Å². The molecule has 0 aliphatic carbocycles. The van der Waals surface area contributed by atoms with Gasteiger partial charge >= 0.3 is 0 Å². The maximum absolute atomic E-state index is 11.8. The fourth-order valence-corrected chi connectivity index (χ4v) is 11.9. The second-order valence-corrected chi connectivity index (χ2v) is 22.7. The molecule has 40 atom stereocenters.